The second-order valence-corrected chi connectivity index (χ2v) is 5.74. The molecule has 2 fully saturated rings. The van der Waals surface area contributed by atoms with Gasteiger partial charge >= 0.3 is 0 Å². The Morgan fingerprint density at radius 1 is 1.20 bits per heavy atom. The van der Waals surface area contributed by atoms with Crippen LogP contribution in [0.3, 0.4) is 0 Å². The number of nitriles is 1. The van der Waals surface area contributed by atoms with Gasteiger partial charge in [-0.15, -0.1) is 0 Å². The van der Waals surface area contributed by atoms with Gasteiger partial charge in [0.1, 0.15) is 6.10 Å². The van der Waals surface area contributed by atoms with Crippen molar-refractivity contribution in [1.29, 1.82) is 5.26 Å². The predicted molar refractivity (Wildman–Crippen MR) is 75.9 cm³/mol. The van der Waals surface area contributed by atoms with E-state index >= 15 is 0 Å². The molecule has 0 aliphatic carbocycles. The molecule has 0 saturated carbocycles. The first kappa shape index (κ1) is 13.3. The predicted octanol–water partition coefficient (Wildman–Crippen LogP) is 2.57. The Morgan fingerprint density at radius 2 is 1.90 bits per heavy atom. The monoisotopic (exact) mass is 272 g/mol. The number of piperidine rings is 1. The average molecular weight is 272 g/mol. The Balaban J connectivity index is 1.74. The third-order valence-electron chi connectivity index (χ3n) is 4.64. The van der Waals surface area contributed by atoms with Crippen molar-refractivity contribution < 1.29 is 9.47 Å². The summed E-state index contributed by atoms with van der Waals surface area (Å²) >= 11 is 0. The summed E-state index contributed by atoms with van der Waals surface area (Å²) in [5.74, 6) is 1.40. The molecular weight excluding hydrogens is 252 g/mol. The largest absolute Gasteiger partial charge is 0.493 e. The summed E-state index contributed by atoms with van der Waals surface area (Å²) < 4.78 is 11.5. The summed E-state index contributed by atoms with van der Waals surface area (Å²) in [6.45, 7) is 0. The Labute approximate surface area is 119 Å². The minimum absolute atomic E-state index is 0.255. The molecule has 106 valence electrons. The third-order valence-corrected chi connectivity index (χ3v) is 4.64. The molecule has 2 bridgehead atoms. The molecule has 0 aromatic heterocycles. The lowest BCUT2D eigenvalue weighted by Gasteiger charge is -2.36. The molecule has 4 heteroatoms. The fourth-order valence-electron chi connectivity index (χ4n) is 3.47. The maximum absolute atomic E-state index is 8.92. The summed E-state index contributed by atoms with van der Waals surface area (Å²) in [6.07, 6.45) is 4.98. The van der Waals surface area contributed by atoms with Crippen LogP contribution in [0.25, 0.3) is 0 Å². The van der Waals surface area contributed by atoms with E-state index in [1.165, 1.54) is 12.8 Å². The van der Waals surface area contributed by atoms with Crippen LogP contribution in [-0.2, 0) is 0 Å². The highest BCUT2D eigenvalue weighted by molar-refractivity contribution is 5.46. The first-order valence-corrected chi connectivity index (χ1v) is 7.18. The van der Waals surface area contributed by atoms with Crippen LogP contribution in [0.2, 0.25) is 0 Å². The number of hydrogen-bond acceptors (Lipinski definition) is 4. The maximum Gasteiger partial charge on any atom is 0.162 e. The lowest BCUT2D eigenvalue weighted by molar-refractivity contribution is 0.0643. The number of nitrogens with zero attached hydrogens (tertiary/aromatic N) is 2. The SMILES string of the molecule is COc1cc(C#N)ccc1OC1CC2CCC(C1)N2C. The Hall–Kier alpha value is -1.73. The van der Waals surface area contributed by atoms with Crippen molar-refractivity contribution in [1.82, 2.24) is 4.90 Å². The van der Waals surface area contributed by atoms with Gasteiger partial charge in [0.2, 0.25) is 0 Å². The lowest BCUT2D eigenvalue weighted by atomic mass is 10.0. The fourth-order valence-corrected chi connectivity index (χ4v) is 3.47. The first-order chi connectivity index (χ1) is 9.71. The number of rotatable bonds is 3. The summed E-state index contributed by atoms with van der Waals surface area (Å²) in [4.78, 5) is 2.50. The molecule has 2 saturated heterocycles. The van der Waals surface area contributed by atoms with Crippen LogP contribution in [0, 0.1) is 11.3 Å². The van der Waals surface area contributed by atoms with E-state index < -0.39 is 0 Å². The molecule has 0 spiro atoms. The minimum Gasteiger partial charge on any atom is -0.493 e. The van der Waals surface area contributed by atoms with Crippen LogP contribution < -0.4 is 9.47 Å². The van der Waals surface area contributed by atoms with Gasteiger partial charge in [-0.25, -0.2) is 0 Å². The molecule has 0 N–H and O–H groups in total. The van der Waals surface area contributed by atoms with E-state index in [1.807, 2.05) is 6.07 Å². The standard InChI is InChI=1S/C16H20N2O2/c1-18-12-4-5-13(18)9-14(8-12)20-15-6-3-11(10-17)7-16(15)19-2/h3,6-7,12-14H,4-5,8-9H2,1-2H3. The molecule has 2 aliphatic heterocycles. The molecule has 1 aromatic rings. The molecule has 2 atom stereocenters. The van der Waals surface area contributed by atoms with Gasteiger partial charge in [0.25, 0.3) is 0 Å². The van der Waals surface area contributed by atoms with E-state index in [9.17, 15) is 0 Å². The van der Waals surface area contributed by atoms with Crippen LogP contribution in [0.15, 0.2) is 18.2 Å². The van der Waals surface area contributed by atoms with E-state index in [1.54, 1.807) is 19.2 Å². The first-order valence-electron chi connectivity index (χ1n) is 7.18. The molecule has 2 aliphatic rings. The normalized spacial score (nSPS) is 28.9. The van der Waals surface area contributed by atoms with E-state index in [4.69, 9.17) is 14.7 Å². The van der Waals surface area contributed by atoms with Crippen LogP contribution in [0.1, 0.15) is 31.2 Å². The van der Waals surface area contributed by atoms with Crippen molar-refractivity contribution in [2.45, 2.75) is 43.9 Å². The van der Waals surface area contributed by atoms with Gasteiger partial charge < -0.3 is 14.4 Å². The molecule has 4 nitrogen and oxygen atoms in total. The van der Waals surface area contributed by atoms with Gasteiger partial charge in [0.05, 0.1) is 18.7 Å². The van der Waals surface area contributed by atoms with Gasteiger partial charge in [-0.2, -0.15) is 5.26 Å². The topological polar surface area (TPSA) is 45.5 Å². The van der Waals surface area contributed by atoms with Gasteiger partial charge in [-0.05, 0) is 44.9 Å². The van der Waals surface area contributed by atoms with Crippen LogP contribution in [0.5, 0.6) is 11.5 Å². The summed E-state index contributed by atoms with van der Waals surface area (Å²) in [5.41, 5.74) is 0.595. The van der Waals surface area contributed by atoms with Crippen molar-refractivity contribution >= 4 is 0 Å². The van der Waals surface area contributed by atoms with Crippen molar-refractivity contribution in [2.75, 3.05) is 14.2 Å². The minimum atomic E-state index is 0.255. The summed E-state index contributed by atoms with van der Waals surface area (Å²) in [5, 5.41) is 8.92. The van der Waals surface area contributed by atoms with Crippen molar-refractivity contribution in [3.8, 4) is 17.6 Å². The Morgan fingerprint density at radius 3 is 2.50 bits per heavy atom. The molecule has 0 radical (unpaired) electrons. The highest BCUT2D eigenvalue weighted by Crippen LogP contribution is 2.37. The zero-order valence-corrected chi connectivity index (χ0v) is 12.0. The third kappa shape index (κ3) is 2.34. The maximum atomic E-state index is 8.92. The summed E-state index contributed by atoms with van der Waals surface area (Å²) in [7, 11) is 3.84. The molecule has 2 heterocycles. The molecule has 20 heavy (non-hydrogen) atoms. The molecule has 2 unspecified atom stereocenters. The zero-order valence-electron chi connectivity index (χ0n) is 12.0. The molecule has 3 rings (SSSR count). The molecule has 1 aromatic carbocycles. The Bertz CT molecular complexity index is 524. The number of benzene rings is 1. The van der Waals surface area contributed by atoms with Crippen molar-refractivity contribution in [3.05, 3.63) is 23.8 Å². The summed E-state index contributed by atoms with van der Waals surface area (Å²) in [6, 6.07) is 8.79. The van der Waals surface area contributed by atoms with Crippen LogP contribution in [-0.4, -0.2) is 37.2 Å². The highest BCUT2D eigenvalue weighted by atomic mass is 16.5. The number of fused-ring (bicyclic) bond motifs is 2. The van der Waals surface area contributed by atoms with Crippen molar-refractivity contribution in [3.63, 3.8) is 0 Å². The van der Waals surface area contributed by atoms with E-state index in [0.717, 1.165) is 18.6 Å². The fraction of sp³-hybridized carbons (Fsp3) is 0.562. The second-order valence-electron chi connectivity index (χ2n) is 5.74. The quantitative estimate of drug-likeness (QED) is 0.848. The molecular formula is C16H20N2O2. The van der Waals surface area contributed by atoms with E-state index in [-0.39, 0.29) is 6.10 Å². The average Bonchev–Trinajstić information content (AvgIpc) is 2.69. The van der Waals surface area contributed by atoms with Gasteiger partial charge in [-0.3, -0.25) is 0 Å². The molecule has 0 amide bonds. The van der Waals surface area contributed by atoms with E-state index in [0.29, 0.717) is 23.4 Å². The van der Waals surface area contributed by atoms with Crippen LogP contribution in [0.4, 0.5) is 0 Å². The lowest BCUT2D eigenvalue weighted by Crippen LogP contribution is -2.43. The van der Waals surface area contributed by atoms with Gasteiger partial charge in [0, 0.05) is 18.2 Å². The zero-order chi connectivity index (χ0) is 14.1. The second kappa shape index (κ2) is 5.34. The Kier molecular flexibility index (Phi) is 3.54. The van der Waals surface area contributed by atoms with Gasteiger partial charge in [0.15, 0.2) is 11.5 Å². The van der Waals surface area contributed by atoms with Crippen LogP contribution >= 0.6 is 0 Å². The number of methoxy groups -OCH3 is 1. The van der Waals surface area contributed by atoms with Gasteiger partial charge in [-0.1, -0.05) is 0 Å². The van der Waals surface area contributed by atoms with E-state index in [2.05, 4.69) is 18.0 Å². The number of ether oxygens (including phenoxy) is 2. The number of hydrogen-bond donors (Lipinski definition) is 0. The smallest absolute Gasteiger partial charge is 0.162 e. The highest BCUT2D eigenvalue weighted by Gasteiger charge is 2.39. The van der Waals surface area contributed by atoms with Crippen molar-refractivity contribution in [2.24, 2.45) is 0 Å².